The number of halogens is 3. The molecular weight excluding hydrogens is 465 g/mol. The molecule has 2 aromatic carbocycles. The van der Waals surface area contributed by atoms with Crippen molar-refractivity contribution >= 4 is 22.9 Å². The van der Waals surface area contributed by atoms with E-state index in [0.717, 1.165) is 29.5 Å². The largest absolute Gasteiger partial charge is 0.491 e. The highest BCUT2D eigenvalue weighted by Gasteiger charge is 2.36. The Balaban J connectivity index is 1.45. The van der Waals surface area contributed by atoms with Crippen molar-refractivity contribution in [2.24, 2.45) is 0 Å². The number of thioether (sulfide) groups is 1. The maximum atomic E-state index is 13.0. The van der Waals surface area contributed by atoms with E-state index >= 15 is 0 Å². The molecule has 34 heavy (non-hydrogen) atoms. The molecule has 0 spiro atoms. The van der Waals surface area contributed by atoms with Gasteiger partial charge in [0.15, 0.2) is 0 Å². The number of pyridine rings is 1. The van der Waals surface area contributed by atoms with Gasteiger partial charge in [-0.3, -0.25) is 19.5 Å². The Bertz CT molecular complexity index is 1140. The van der Waals surface area contributed by atoms with Gasteiger partial charge in [0.05, 0.1) is 17.4 Å². The van der Waals surface area contributed by atoms with Gasteiger partial charge in [0, 0.05) is 12.4 Å². The maximum Gasteiger partial charge on any atom is 0.416 e. The number of nitrogens with zero attached hydrogens (tertiary/aromatic N) is 2. The Kier molecular flexibility index (Phi) is 7.21. The fraction of sp³-hybridized carbons (Fsp3) is 0.240. The molecule has 3 aromatic rings. The van der Waals surface area contributed by atoms with Gasteiger partial charge in [-0.1, -0.05) is 36.0 Å². The quantitative estimate of drug-likeness (QED) is 0.400. The average molecular weight is 487 g/mol. The lowest BCUT2D eigenvalue weighted by molar-refractivity contribution is -0.137. The molecule has 0 radical (unpaired) electrons. The predicted octanol–water partition coefficient (Wildman–Crippen LogP) is 5.84. The van der Waals surface area contributed by atoms with E-state index in [9.17, 15) is 22.8 Å². The second-order valence-electron chi connectivity index (χ2n) is 7.78. The van der Waals surface area contributed by atoms with E-state index in [0.29, 0.717) is 29.7 Å². The normalized spacial score (nSPS) is 15.0. The van der Waals surface area contributed by atoms with E-state index in [-0.39, 0.29) is 23.5 Å². The van der Waals surface area contributed by atoms with E-state index in [4.69, 9.17) is 4.74 Å². The molecule has 2 amide bonds. The molecular formula is C25H21F3N2O3S. The zero-order valence-corrected chi connectivity index (χ0v) is 18.8. The van der Waals surface area contributed by atoms with Crippen LogP contribution in [0.4, 0.5) is 18.0 Å². The minimum Gasteiger partial charge on any atom is -0.491 e. The highest BCUT2D eigenvalue weighted by Crippen LogP contribution is 2.32. The van der Waals surface area contributed by atoms with Crippen LogP contribution < -0.4 is 4.74 Å². The van der Waals surface area contributed by atoms with E-state index in [2.05, 4.69) is 4.98 Å². The van der Waals surface area contributed by atoms with Gasteiger partial charge in [0.2, 0.25) is 5.91 Å². The first kappa shape index (κ1) is 23.8. The molecule has 4 rings (SSSR count). The second-order valence-corrected chi connectivity index (χ2v) is 8.71. The Morgan fingerprint density at radius 1 is 1.00 bits per heavy atom. The number of alkyl halides is 3. The molecule has 2 heterocycles. The number of amides is 2. The summed E-state index contributed by atoms with van der Waals surface area (Å²) in [6.45, 7) is 0.117. The van der Waals surface area contributed by atoms with Gasteiger partial charge in [-0.05, 0) is 65.9 Å². The third-order valence-electron chi connectivity index (χ3n) is 5.49. The van der Waals surface area contributed by atoms with Gasteiger partial charge >= 0.3 is 6.18 Å². The molecule has 9 heteroatoms. The highest BCUT2D eigenvalue weighted by molar-refractivity contribution is 8.14. The van der Waals surface area contributed by atoms with Gasteiger partial charge in [-0.2, -0.15) is 13.2 Å². The van der Waals surface area contributed by atoms with Crippen molar-refractivity contribution in [1.29, 1.82) is 0 Å². The van der Waals surface area contributed by atoms with Crippen molar-refractivity contribution in [3.8, 4) is 16.9 Å². The summed E-state index contributed by atoms with van der Waals surface area (Å²) in [6, 6.07) is 15.1. The van der Waals surface area contributed by atoms with Gasteiger partial charge in [-0.25, -0.2) is 0 Å². The van der Waals surface area contributed by atoms with Crippen molar-refractivity contribution in [1.82, 2.24) is 9.88 Å². The lowest BCUT2D eigenvalue weighted by Crippen LogP contribution is -2.43. The number of aromatic nitrogens is 1. The molecule has 0 N–H and O–H groups in total. The van der Waals surface area contributed by atoms with E-state index in [1.165, 1.54) is 11.0 Å². The zero-order valence-electron chi connectivity index (χ0n) is 18.0. The number of hydrogen-bond donors (Lipinski definition) is 0. The zero-order chi connectivity index (χ0) is 24.1. The third-order valence-corrected chi connectivity index (χ3v) is 6.32. The number of rotatable bonds is 8. The van der Waals surface area contributed by atoms with Crippen LogP contribution in [0, 0.1) is 0 Å². The molecule has 1 aromatic heterocycles. The van der Waals surface area contributed by atoms with E-state index in [1.54, 1.807) is 42.7 Å². The molecule has 176 valence electrons. The highest BCUT2D eigenvalue weighted by atomic mass is 32.2. The number of hydrogen-bond acceptors (Lipinski definition) is 5. The van der Waals surface area contributed by atoms with Crippen LogP contribution in [-0.4, -0.2) is 39.4 Å². The van der Waals surface area contributed by atoms with Gasteiger partial charge in [0.25, 0.3) is 5.24 Å². The minimum absolute atomic E-state index is 0.117. The second kappa shape index (κ2) is 10.3. The monoisotopic (exact) mass is 486 g/mol. The number of carbonyl (C=O) groups is 2. The first-order valence-electron chi connectivity index (χ1n) is 10.6. The Morgan fingerprint density at radius 2 is 1.74 bits per heavy atom. The van der Waals surface area contributed by atoms with Gasteiger partial charge < -0.3 is 4.74 Å². The summed E-state index contributed by atoms with van der Waals surface area (Å²) < 4.78 is 44.9. The minimum atomic E-state index is -4.41. The summed E-state index contributed by atoms with van der Waals surface area (Å²) in [6.07, 6.45) is 0.147. The van der Waals surface area contributed by atoms with Crippen molar-refractivity contribution in [3.05, 3.63) is 84.2 Å². The number of aryl methyl sites for hydroxylation is 1. The van der Waals surface area contributed by atoms with Crippen LogP contribution >= 0.6 is 11.8 Å². The Morgan fingerprint density at radius 3 is 2.38 bits per heavy atom. The van der Waals surface area contributed by atoms with E-state index in [1.807, 2.05) is 12.1 Å². The van der Waals surface area contributed by atoms with Crippen molar-refractivity contribution < 1.29 is 27.5 Å². The van der Waals surface area contributed by atoms with Crippen molar-refractivity contribution in [2.75, 3.05) is 12.4 Å². The predicted molar refractivity (Wildman–Crippen MR) is 123 cm³/mol. The Labute approximate surface area is 198 Å². The average Bonchev–Trinajstić information content (AvgIpc) is 3.17. The molecule has 0 aliphatic carbocycles. The molecule has 0 saturated carbocycles. The van der Waals surface area contributed by atoms with Gasteiger partial charge in [0.1, 0.15) is 12.4 Å². The maximum absolute atomic E-state index is 13.0. The van der Waals surface area contributed by atoms with E-state index < -0.39 is 17.8 Å². The topological polar surface area (TPSA) is 59.5 Å². The summed E-state index contributed by atoms with van der Waals surface area (Å²) in [7, 11) is 0. The van der Waals surface area contributed by atoms with Crippen LogP contribution in [0.5, 0.6) is 5.75 Å². The molecule has 1 unspecified atom stereocenters. The lowest BCUT2D eigenvalue weighted by atomic mass is 10.0. The summed E-state index contributed by atoms with van der Waals surface area (Å²) >= 11 is 0.979. The number of ether oxygens (including phenoxy) is 1. The molecule has 1 aliphatic heterocycles. The fourth-order valence-electron chi connectivity index (χ4n) is 3.70. The smallest absolute Gasteiger partial charge is 0.416 e. The SMILES string of the molecule is O=C1CSC(=O)N1C(CCc1ccncc1)COc1ccc(-c2cccc(C(F)(F)F)c2)cc1. The van der Waals surface area contributed by atoms with Crippen LogP contribution in [0.25, 0.3) is 11.1 Å². The summed E-state index contributed by atoms with van der Waals surface area (Å²) in [4.78, 5) is 29.8. The summed E-state index contributed by atoms with van der Waals surface area (Å²) in [5.74, 6) is 0.380. The fourth-order valence-corrected chi connectivity index (χ4v) is 4.47. The van der Waals surface area contributed by atoms with Crippen molar-refractivity contribution in [2.45, 2.75) is 25.1 Å². The van der Waals surface area contributed by atoms with Crippen LogP contribution in [-0.2, 0) is 17.4 Å². The first-order valence-corrected chi connectivity index (χ1v) is 11.6. The molecule has 1 saturated heterocycles. The van der Waals surface area contributed by atoms with Crippen LogP contribution in [0.2, 0.25) is 0 Å². The molecule has 1 atom stereocenters. The molecule has 0 bridgehead atoms. The number of carbonyl (C=O) groups excluding carboxylic acids is 2. The molecule has 5 nitrogen and oxygen atoms in total. The molecule has 1 fully saturated rings. The first-order chi connectivity index (χ1) is 16.3. The van der Waals surface area contributed by atoms with Crippen LogP contribution in [0.1, 0.15) is 17.5 Å². The standard InChI is InChI=1S/C25H21F3N2O3S/c26-25(27,28)20-3-1-2-19(14-20)18-5-8-22(9-6-18)33-15-21(30-23(31)16-34-24(30)32)7-4-17-10-12-29-13-11-17/h1-3,5-6,8-14,21H,4,7,15-16H2. The summed E-state index contributed by atoms with van der Waals surface area (Å²) in [5, 5.41) is -0.284. The summed E-state index contributed by atoms with van der Waals surface area (Å²) in [5.41, 5.74) is 1.40. The Hall–Kier alpha value is -3.33. The van der Waals surface area contributed by atoms with Crippen LogP contribution in [0.3, 0.4) is 0 Å². The number of imide groups is 1. The van der Waals surface area contributed by atoms with Crippen molar-refractivity contribution in [3.63, 3.8) is 0 Å². The number of benzene rings is 2. The van der Waals surface area contributed by atoms with Crippen LogP contribution in [0.15, 0.2) is 73.1 Å². The third kappa shape index (κ3) is 5.77. The lowest BCUT2D eigenvalue weighted by Gasteiger charge is -2.25. The van der Waals surface area contributed by atoms with Gasteiger partial charge in [-0.15, -0.1) is 0 Å². The molecule has 1 aliphatic rings.